The third kappa shape index (κ3) is 6.85. The molecule has 0 aliphatic rings. The van der Waals surface area contributed by atoms with E-state index in [1.165, 1.54) is 0 Å². The van der Waals surface area contributed by atoms with Gasteiger partial charge in [0.1, 0.15) is 0 Å². The summed E-state index contributed by atoms with van der Waals surface area (Å²) in [7, 11) is 3.80. The van der Waals surface area contributed by atoms with E-state index in [1.807, 2.05) is 24.3 Å². The molecule has 19 heavy (non-hydrogen) atoms. The summed E-state index contributed by atoms with van der Waals surface area (Å²) in [4.78, 5) is 14.2. The summed E-state index contributed by atoms with van der Waals surface area (Å²) in [6.07, 6.45) is 2.54. The first kappa shape index (κ1) is 16.3. The van der Waals surface area contributed by atoms with Crippen molar-refractivity contribution in [2.24, 2.45) is 0 Å². The molecule has 0 aliphatic carbocycles. The van der Waals surface area contributed by atoms with E-state index in [1.54, 1.807) is 7.11 Å². The molecular weight excluding hydrogens is 306 g/mol. The van der Waals surface area contributed by atoms with Gasteiger partial charge in [0.15, 0.2) is 5.78 Å². The van der Waals surface area contributed by atoms with Crippen molar-refractivity contribution < 1.29 is 9.53 Å². The first-order valence-corrected chi connectivity index (χ1v) is 7.39. The van der Waals surface area contributed by atoms with Crippen LogP contribution in [0.3, 0.4) is 0 Å². The highest BCUT2D eigenvalue weighted by Gasteiger charge is 2.06. The predicted molar refractivity (Wildman–Crippen MR) is 81.7 cm³/mol. The number of methoxy groups -OCH3 is 1. The number of halogens is 1. The number of carbonyl (C=O) groups excluding carboxylic acids is 1. The zero-order valence-electron chi connectivity index (χ0n) is 11.7. The average molecular weight is 328 g/mol. The minimum Gasteiger partial charge on any atom is -0.385 e. The number of hydrogen-bond acceptors (Lipinski definition) is 3. The number of hydrogen-bond donors (Lipinski definition) is 0. The van der Waals surface area contributed by atoms with Gasteiger partial charge in [0.2, 0.25) is 0 Å². The summed E-state index contributed by atoms with van der Waals surface area (Å²) < 4.78 is 6.02. The zero-order chi connectivity index (χ0) is 14.1. The number of ether oxygens (including phenoxy) is 1. The van der Waals surface area contributed by atoms with Gasteiger partial charge in [-0.3, -0.25) is 4.79 Å². The van der Waals surface area contributed by atoms with Gasteiger partial charge < -0.3 is 9.64 Å². The summed E-state index contributed by atoms with van der Waals surface area (Å²) in [5.41, 5.74) is 0.797. The van der Waals surface area contributed by atoms with Crippen LogP contribution in [0.5, 0.6) is 0 Å². The SMILES string of the molecule is COCCCN(C)CCCC(=O)c1ccc(Br)cc1. The smallest absolute Gasteiger partial charge is 0.162 e. The number of benzene rings is 1. The van der Waals surface area contributed by atoms with E-state index in [-0.39, 0.29) is 5.78 Å². The van der Waals surface area contributed by atoms with Gasteiger partial charge in [0.25, 0.3) is 0 Å². The van der Waals surface area contributed by atoms with Crippen molar-refractivity contribution in [3.05, 3.63) is 34.3 Å². The molecule has 0 fully saturated rings. The van der Waals surface area contributed by atoms with Crippen molar-refractivity contribution in [2.75, 3.05) is 33.9 Å². The van der Waals surface area contributed by atoms with Crippen molar-refractivity contribution in [1.82, 2.24) is 4.90 Å². The van der Waals surface area contributed by atoms with Crippen LogP contribution in [0.1, 0.15) is 29.6 Å². The molecule has 0 saturated carbocycles. The highest BCUT2D eigenvalue weighted by molar-refractivity contribution is 9.10. The van der Waals surface area contributed by atoms with Crippen LogP contribution >= 0.6 is 15.9 Å². The highest BCUT2D eigenvalue weighted by Crippen LogP contribution is 2.12. The van der Waals surface area contributed by atoms with Crippen molar-refractivity contribution in [1.29, 1.82) is 0 Å². The second kappa shape index (κ2) is 9.23. The first-order chi connectivity index (χ1) is 9.13. The number of carbonyl (C=O) groups is 1. The number of ketones is 1. The molecule has 4 heteroatoms. The molecule has 3 nitrogen and oxygen atoms in total. The molecule has 0 N–H and O–H groups in total. The van der Waals surface area contributed by atoms with E-state index in [0.29, 0.717) is 6.42 Å². The third-order valence-electron chi connectivity index (χ3n) is 3.00. The van der Waals surface area contributed by atoms with E-state index in [0.717, 1.165) is 42.6 Å². The Balaban J connectivity index is 2.21. The largest absolute Gasteiger partial charge is 0.385 e. The number of Topliss-reactive ketones (excluding diaryl/α,β-unsaturated/α-hetero) is 1. The predicted octanol–water partition coefficient (Wildman–Crippen LogP) is 3.38. The van der Waals surface area contributed by atoms with Crippen LogP contribution in [-0.2, 0) is 4.74 Å². The van der Waals surface area contributed by atoms with Crippen molar-refractivity contribution in [3.63, 3.8) is 0 Å². The van der Waals surface area contributed by atoms with Crippen LogP contribution in [-0.4, -0.2) is 44.5 Å². The van der Waals surface area contributed by atoms with Gasteiger partial charge in [-0.2, -0.15) is 0 Å². The number of nitrogens with zero attached hydrogens (tertiary/aromatic N) is 1. The Labute approximate surface area is 124 Å². The molecule has 0 radical (unpaired) electrons. The van der Waals surface area contributed by atoms with E-state index in [2.05, 4.69) is 27.9 Å². The van der Waals surface area contributed by atoms with Crippen molar-refractivity contribution in [3.8, 4) is 0 Å². The Kier molecular flexibility index (Phi) is 7.94. The van der Waals surface area contributed by atoms with E-state index < -0.39 is 0 Å². The fourth-order valence-corrected chi connectivity index (χ4v) is 2.14. The molecule has 106 valence electrons. The number of rotatable bonds is 9. The lowest BCUT2D eigenvalue weighted by Crippen LogP contribution is -2.22. The van der Waals surface area contributed by atoms with Gasteiger partial charge in [-0.25, -0.2) is 0 Å². The van der Waals surface area contributed by atoms with E-state index >= 15 is 0 Å². The molecule has 1 aromatic carbocycles. The summed E-state index contributed by atoms with van der Waals surface area (Å²) in [6, 6.07) is 7.55. The monoisotopic (exact) mass is 327 g/mol. The topological polar surface area (TPSA) is 29.5 Å². The Hall–Kier alpha value is -0.710. The summed E-state index contributed by atoms with van der Waals surface area (Å²) in [5.74, 6) is 0.220. The first-order valence-electron chi connectivity index (χ1n) is 6.59. The van der Waals surface area contributed by atoms with Crippen molar-refractivity contribution in [2.45, 2.75) is 19.3 Å². The van der Waals surface area contributed by atoms with Crippen LogP contribution in [0.2, 0.25) is 0 Å². The normalized spacial score (nSPS) is 10.9. The lowest BCUT2D eigenvalue weighted by Gasteiger charge is -2.15. The molecule has 0 amide bonds. The quantitative estimate of drug-likeness (QED) is 0.514. The summed E-state index contributed by atoms with van der Waals surface area (Å²) in [6.45, 7) is 2.76. The maximum absolute atomic E-state index is 11.9. The fourth-order valence-electron chi connectivity index (χ4n) is 1.88. The Morgan fingerprint density at radius 3 is 2.47 bits per heavy atom. The van der Waals surface area contributed by atoms with Gasteiger partial charge in [0, 0.05) is 36.7 Å². The molecule has 0 heterocycles. The van der Waals surface area contributed by atoms with Crippen LogP contribution in [0.15, 0.2) is 28.7 Å². The minimum atomic E-state index is 0.220. The molecule has 0 unspecified atom stereocenters. The van der Waals surface area contributed by atoms with Crippen LogP contribution in [0.4, 0.5) is 0 Å². The molecule has 0 aromatic heterocycles. The molecule has 0 saturated heterocycles. The van der Waals surface area contributed by atoms with Gasteiger partial charge in [-0.1, -0.05) is 28.1 Å². The summed E-state index contributed by atoms with van der Waals surface area (Å²) in [5, 5.41) is 0. The Morgan fingerprint density at radius 2 is 1.84 bits per heavy atom. The van der Waals surface area contributed by atoms with Gasteiger partial charge in [-0.15, -0.1) is 0 Å². The van der Waals surface area contributed by atoms with E-state index in [9.17, 15) is 4.79 Å². The molecule has 1 aromatic rings. The average Bonchev–Trinajstić information content (AvgIpc) is 2.39. The van der Waals surface area contributed by atoms with Crippen LogP contribution < -0.4 is 0 Å². The lowest BCUT2D eigenvalue weighted by atomic mass is 10.1. The molecule has 0 spiro atoms. The Morgan fingerprint density at radius 1 is 1.21 bits per heavy atom. The van der Waals surface area contributed by atoms with E-state index in [4.69, 9.17) is 4.74 Å². The van der Waals surface area contributed by atoms with Crippen LogP contribution in [0, 0.1) is 0 Å². The fraction of sp³-hybridized carbons (Fsp3) is 0.533. The molecule has 0 bridgehead atoms. The van der Waals surface area contributed by atoms with Crippen LogP contribution in [0.25, 0.3) is 0 Å². The minimum absolute atomic E-state index is 0.220. The van der Waals surface area contributed by atoms with Crippen molar-refractivity contribution >= 4 is 21.7 Å². The summed E-state index contributed by atoms with van der Waals surface area (Å²) >= 11 is 3.37. The zero-order valence-corrected chi connectivity index (χ0v) is 13.3. The van der Waals surface area contributed by atoms with Gasteiger partial charge in [0.05, 0.1) is 0 Å². The van der Waals surface area contributed by atoms with Gasteiger partial charge >= 0.3 is 0 Å². The second-order valence-corrected chi connectivity index (χ2v) is 5.60. The lowest BCUT2D eigenvalue weighted by molar-refractivity contribution is 0.0975. The molecular formula is C15H22BrNO2. The molecule has 0 atom stereocenters. The molecule has 1 rings (SSSR count). The van der Waals surface area contributed by atoms with Gasteiger partial charge in [-0.05, 0) is 38.6 Å². The standard InChI is InChI=1S/C15H22BrNO2/c1-17(11-4-12-19-2)10-3-5-15(18)13-6-8-14(16)9-7-13/h6-9H,3-5,10-12H2,1-2H3. The highest BCUT2D eigenvalue weighted by atomic mass is 79.9. The third-order valence-corrected chi connectivity index (χ3v) is 3.53. The second-order valence-electron chi connectivity index (χ2n) is 4.68. The molecule has 0 aliphatic heterocycles. The maximum atomic E-state index is 11.9. The Bertz CT molecular complexity index is 378. The maximum Gasteiger partial charge on any atom is 0.162 e.